The van der Waals surface area contributed by atoms with Crippen LogP contribution in [-0.4, -0.2) is 45.2 Å². The van der Waals surface area contributed by atoms with Gasteiger partial charge in [-0.15, -0.1) is 0 Å². The number of hydrogen-bond acceptors (Lipinski definition) is 6. The highest BCUT2D eigenvalue weighted by Crippen LogP contribution is 2.46. The van der Waals surface area contributed by atoms with Gasteiger partial charge in [0.1, 0.15) is 22.8 Å². The maximum Gasteiger partial charge on any atom is 0.336 e. The van der Waals surface area contributed by atoms with Gasteiger partial charge >= 0.3 is 5.63 Å². The number of hydrogen-bond donors (Lipinski definition) is 0. The van der Waals surface area contributed by atoms with Gasteiger partial charge in [0.25, 0.3) is 0 Å². The van der Waals surface area contributed by atoms with E-state index in [1.165, 1.54) is 6.07 Å². The Kier molecular flexibility index (Phi) is 8.10. The molecule has 7 heteroatoms. The number of likely N-dealkylation sites (tertiary alicyclic amines) is 1. The second-order valence-corrected chi connectivity index (χ2v) is 10.4. The van der Waals surface area contributed by atoms with Crippen molar-refractivity contribution < 1.29 is 23.4 Å². The van der Waals surface area contributed by atoms with Crippen molar-refractivity contribution in [2.45, 2.75) is 32.1 Å². The molecule has 5 rings (SSSR count). The Bertz CT molecular complexity index is 1540. The molecule has 3 aromatic carbocycles. The summed E-state index contributed by atoms with van der Waals surface area (Å²) in [6.45, 7) is 3.66. The molecule has 7 nitrogen and oxygen atoms in total. The largest absolute Gasteiger partial charge is 0.497 e. The first kappa shape index (κ1) is 27.3. The average molecular weight is 542 g/mol. The first-order valence-electron chi connectivity index (χ1n) is 13.6. The van der Waals surface area contributed by atoms with Crippen molar-refractivity contribution in [2.24, 2.45) is 5.92 Å². The molecule has 2 heterocycles. The summed E-state index contributed by atoms with van der Waals surface area (Å²) in [4.78, 5) is 28.8. The molecule has 0 N–H and O–H groups in total. The molecule has 0 radical (unpaired) electrons. The molecule has 0 bridgehead atoms. The van der Waals surface area contributed by atoms with Gasteiger partial charge in [0.05, 0.1) is 26.7 Å². The number of amides is 1. The topological polar surface area (TPSA) is 78.2 Å². The first-order chi connectivity index (χ1) is 19.4. The predicted molar refractivity (Wildman–Crippen MR) is 155 cm³/mol. The van der Waals surface area contributed by atoms with E-state index in [-0.39, 0.29) is 12.3 Å². The lowest BCUT2D eigenvalue weighted by Gasteiger charge is -2.32. The van der Waals surface area contributed by atoms with Gasteiger partial charge < -0.3 is 23.5 Å². The van der Waals surface area contributed by atoms with E-state index in [1.807, 2.05) is 65.6 Å². The van der Waals surface area contributed by atoms with Gasteiger partial charge in [0, 0.05) is 48.7 Å². The van der Waals surface area contributed by atoms with Crippen molar-refractivity contribution in [3.05, 3.63) is 88.3 Å². The van der Waals surface area contributed by atoms with Gasteiger partial charge in [-0.25, -0.2) is 4.79 Å². The van der Waals surface area contributed by atoms with Crippen molar-refractivity contribution in [3.63, 3.8) is 0 Å². The molecule has 0 spiro atoms. The van der Waals surface area contributed by atoms with Crippen molar-refractivity contribution in [1.29, 1.82) is 0 Å². The monoisotopic (exact) mass is 541 g/mol. The number of fused-ring (bicyclic) bond motifs is 1. The van der Waals surface area contributed by atoms with Crippen LogP contribution in [-0.2, 0) is 4.79 Å². The first-order valence-corrected chi connectivity index (χ1v) is 13.6. The van der Waals surface area contributed by atoms with Crippen LogP contribution < -0.4 is 19.8 Å². The summed E-state index contributed by atoms with van der Waals surface area (Å²) in [7, 11) is 4.77. The third-order valence-electron chi connectivity index (χ3n) is 7.76. The van der Waals surface area contributed by atoms with Gasteiger partial charge in [-0.1, -0.05) is 49.4 Å². The Morgan fingerprint density at radius 2 is 1.70 bits per heavy atom. The number of carbonyl (C=O) groups is 1. The molecule has 0 saturated carbocycles. The predicted octanol–water partition coefficient (Wildman–Crippen LogP) is 6.27. The van der Waals surface area contributed by atoms with Crippen LogP contribution in [0.2, 0.25) is 0 Å². The van der Waals surface area contributed by atoms with E-state index in [1.54, 1.807) is 21.3 Å². The third kappa shape index (κ3) is 5.41. The molecule has 0 aliphatic carbocycles. The summed E-state index contributed by atoms with van der Waals surface area (Å²) in [6, 6.07) is 20.6. The van der Waals surface area contributed by atoms with E-state index in [4.69, 9.17) is 18.6 Å². The molecule has 4 aromatic rings. The van der Waals surface area contributed by atoms with Crippen LogP contribution in [0.3, 0.4) is 0 Å². The maximum absolute atomic E-state index is 13.8. The second kappa shape index (κ2) is 11.9. The summed E-state index contributed by atoms with van der Waals surface area (Å²) < 4.78 is 23.0. The lowest BCUT2D eigenvalue weighted by molar-refractivity contribution is -0.133. The van der Waals surface area contributed by atoms with Crippen molar-refractivity contribution in [1.82, 2.24) is 4.90 Å². The van der Waals surface area contributed by atoms with Crippen LogP contribution >= 0.6 is 0 Å². The third-order valence-corrected chi connectivity index (χ3v) is 7.76. The Morgan fingerprint density at radius 1 is 0.975 bits per heavy atom. The fraction of sp³-hybridized carbons (Fsp3) is 0.333. The van der Waals surface area contributed by atoms with Crippen LogP contribution in [0.4, 0.5) is 0 Å². The summed E-state index contributed by atoms with van der Waals surface area (Å²) >= 11 is 0. The van der Waals surface area contributed by atoms with Crippen molar-refractivity contribution >= 4 is 16.9 Å². The molecule has 1 aromatic heterocycles. The van der Waals surface area contributed by atoms with Gasteiger partial charge in [0.15, 0.2) is 0 Å². The zero-order valence-corrected chi connectivity index (χ0v) is 23.4. The number of ether oxygens (including phenoxy) is 3. The number of rotatable bonds is 8. The molecule has 1 aliphatic rings. The summed E-state index contributed by atoms with van der Waals surface area (Å²) in [5.74, 6) is 1.78. The lowest BCUT2D eigenvalue weighted by Crippen LogP contribution is -2.39. The van der Waals surface area contributed by atoms with E-state index in [0.717, 1.165) is 37.1 Å². The van der Waals surface area contributed by atoms with Gasteiger partial charge in [-0.05, 0) is 42.0 Å². The fourth-order valence-electron chi connectivity index (χ4n) is 5.76. The molecule has 1 amide bonds. The van der Waals surface area contributed by atoms with Crippen LogP contribution in [0.15, 0.2) is 75.9 Å². The molecular weight excluding hydrogens is 506 g/mol. The highest BCUT2D eigenvalue weighted by Gasteiger charge is 2.31. The lowest BCUT2D eigenvalue weighted by atomic mass is 9.84. The Hall–Kier alpha value is -4.26. The number of benzene rings is 3. The van der Waals surface area contributed by atoms with Gasteiger partial charge in [-0.3, -0.25) is 4.79 Å². The minimum absolute atomic E-state index is 0.0555. The average Bonchev–Trinajstić information content (AvgIpc) is 2.99. The SMILES string of the molecule is COc1ccc([C@@H](CC(=O)N2CCC[C@H](C)C2)c2c(OC)cc(OC)c3c(-c4ccccc4)cc(=O)oc23)cc1. The highest BCUT2D eigenvalue weighted by atomic mass is 16.5. The van der Waals surface area contributed by atoms with Gasteiger partial charge in [-0.2, -0.15) is 0 Å². The number of nitrogens with zero attached hydrogens (tertiary/aromatic N) is 1. The summed E-state index contributed by atoms with van der Waals surface area (Å²) in [6.07, 6.45) is 2.30. The second-order valence-electron chi connectivity index (χ2n) is 10.4. The minimum atomic E-state index is -0.493. The molecule has 208 valence electrons. The zero-order chi connectivity index (χ0) is 28.2. The molecule has 1 saturated heterocycles. The molecule has 2 atom stereocenters. The van der Waals surface area contributed by atoms with Gasteiger partial charge in [0.2, 0.25) is 5.91 Å². The summed E-state index contributed by atoms with van der Waals surface area (Å²) in [5, 5.41) is 0.654. The van der Waals surface area contributed by atoms with E-state index in [0.29, 0.717) is 45.3 Å². The Labute approximate surface area is 234 Å². The standard InChI is InChI=1S/C33H35NO6/c1-21-9-8-16-34(20-21)29(35)17-25(23-12-14-24(37-2)15-13-23)31-27(38-3)19-28(39-4)32-26(18-30(36)40-33(31)32)22-10-6-5-7-11-22/h5-7,10-15,18-19,21,25H,8-9,16-17,20H2,1-4H3/t21-,25+/m0/s1. The normalized spacial score (nSPS) is 16.0. The quantitative estimate of drug-likeness (QED) is 0.245. The molecule has 1 fully saturated rings. The Morgan fingerprint density at radius 3 is 2.35 bits per heavy atom. The van der Waals surface area contributed by atoms with Crippen LogP contribution in [0.1, 0.15) is 43.2 Å². The number of carbonyl (C=O) groups excluding carboxylic acids is 1. The number of methoxy groups -OCH3 is 3. The summed E-state index contributed by atoms with van der Waals surface area (Å²) in [5.41, 5.74) is 2.93. The van der Waals surface area contributed by atoms with E-state index >= 15 is 0 Å². The van der Waals surface area contributed by atoms with Crippen LogP contribution in [0, 0.1) is 5.92 Å². The van der Waals surface area contributed by atoms with Crippen molar-refractivity contribution in [3.8, 4) is 28.4 Å². The highest BCUT2D eigenvalue weighted by molar-refractivity contribution is 6.01. The molecular formula is C33H35NO6. The fourth-order valence-corrected chi connectivity index (χ4v) is 5.76. The van der Waals surface area contributed by atoms with Crippen molar-refractivity contribution in [2.75, 3.05) is 34.4 Å². The minimum Gasteiger partial charge on any atom is -0.497 e. The molecule has 40 heavy (non-hydrogen) atoms. The maximum atomic E-state index is 13.8. The van der Waals surface area contributed by atoms with Crippen LogP contribution in [0.25, 0.3) is 22.1 Å². The zero-order valence-electron chi connectivity index (χ0n) is 23.4. The van der Waals surface area contributed by atoms with E-state index in [9.17, 15) is 9.59 Å². The van der Waals surface area contributed by atoms with E-state index < -0.39 is 11.5 Å². The smallest absolute Gasteiger partial charge is 0.336 e. The Balaban J connectivity index is 1.76. The molecule has 1 aliphatic heterocycles. The molecule has 0 unspecified atom stereocenters. The van der Waals surface area contributed by atoms with E-state index in [2.05, 4.69) is 6.92 Å². The number of piperidine rings is 1. The van der Waals surface area contributed by atoms with Crippen LogP contribution in [0.5, 0.6) is 17.2 Å².